The Kier molecular flexibility index (Phi) is 6.28. The van der Waals surface area contributed by atoms with E-state index in [0.29, 0.717) is 17.9 Å². The monoisotopic (exact) mass is 356 g/mol. The third-order valence-electron chi connectivity index (χ3n) is 4.96. The molecule has 1 aromatic carbocycles. The summed E-state index contributed by atoms with van der Waals surface area (Å²) < 4.78 is 5.20. The number of nitrogens with one attached hydrogen (secondary N) is 2. The van der Waals surface area contributed by atoms with E-state index in [9.17, 15) is 4.79 Å². The third-order valence-corrected chi connectivity index (χ3v) is 4.96. The average molecular weight is 356 g/mol. The van der Waals surface area contributed by atoms with Crippen LogP contribution in [0.5, 0.6) is 5.75 Å². The zero-order valence-corrected chi connectivity index (χ0v) is 15.6. The highest BCUT2D eigenvalue weighted by Crippen LogP contribution is 2.16. The number of aromatic nitrogens is 2. The summed E-state index contributed by atoms with van der Waals surface area (Å²) in [7, 11) is 1.69. The number of piperidine rings is 1. The highest BCUT2D eigenvalue weighted by atomic mass is 16.5. The van der Waals surface area contributed by atoms with Crippen LogP contribution in [-0.2, 0) is 6.42 Å². The summed E-state index contributed by atoms with van der Waals surface area (Å²) in [5, 5.41) is 3.72. The molecule has 2 N–H and O–H groups in total. The first kappa shape index (κ1) is 18.5. The molecule has 2 heterocycles. The van der Waals surface area contributed by atoms with Crippen molar-refractivity contribution in [2.45, 2.75) is 44.7 Å². The molecule has 1 fully saturated rings. The SMILES string of the molecule is COc1ccc(CC[C@H](C)N[C@@H]2CCCN(c3ncc[nH]c3=O)C2)cc1. The molecule has 0 unspecified atom stereocenters. The first-order valence-electron chi connectivity index (χ1n) is 9.33. The van der Waals surface area contributed by atoms with E-state index >= 15 is 0 Å². The van der Waals surface area contributed by atoms with Gasteiger partial charge in [-0.2, -0.15) is 0 Å². The van der Waals surface area contributed by atoms with Gasteiger partial charge in [0.2, 0.25) is 0 Å². The van der Waals surface area contributed by atoms with Crippen LogP contribution in [0.1, 0.15) is 31.7 Å². The van der Waals surface area contributed by atoms with Crippen LogP contribution in [0, 0.1) is 0 Å². The van der Waals surface area contributed by atoms with Gasteiger partial charge in [-0.05, 0) is 50.3 Å². The maximum Gasteiger partial charge on any atom is 0.290 e. The summed E-state index contributed by atoms with van der Waals surface area (Å²) in [5.41, 5.74) is 1.21. The molecule has 0 aliphatic carbocycles. The Morgan fingerprint density at radius 2 is 2.19 bits per heavy atom. The van der Waals surface area contributed by atoms with E-state index in [-0.39, 0.29) is 5.56 Å². The highest BCUT2D eigenvalue weighted by Gasteiger charge is 2.23. The second-order valence-corrected chi connectivity index (χ2v) is 6.98. The molecule has 0 spiro atoms. The number of hydrogen-bond donors (Lipinski definition) is 2. The highest BCUT2D eigenvalue weighted by molar-refractivity contribution is 5.36. The van der Waals surface area contributed by atoms with Gasteiger partial charge in [-0.25, -0.2) is 4.98 Å². The lowest BCUT2D eigenvalue weighted by atomic mass is 10.0. The van der Waals surface area contributed by atoms with Crippen LogP contribution in [0.25, 0.3) is 0 Å². The maximum atomic E-state index is 12.0. The van der Waals surface area contributed by atoms with E-state index in [1.807, 2.05) is 12.1 Å². The van der Waals surface area contributed by atoms with Crippen molar-refractivity contribution in [3.05, 3.63) is 52.6 Å². The number of ether oxygens (including phenoxy) is 1. The largest absolute Gasteiger partial charge is 0.497 e. The Morgan fingerprint density at radius 1 is 1.38 bits per heavy atom. The van der Waals surface area contributed by atoms with E-state index in [2.05, 4.69) is 39.2 Å². The lowest BCUT2D eigenvalue weighted by molar-refractivity contribution is 0.372. The summed E-state index contributed by atoms with van der Waals surface area (Å²) in [6.45, 7) is 3.95. The van der Waals surface area contributed by atoms with Gasteiger partial charge in [0, 0.05) is 37.6 Å². The van der Waals surface area contributed by atoms with Crippen LogP contribution in [-0.4, -0.2) is 42.3 Å². The predicted molar refractivity (Wildman–Crippen MR) is 104 cm³/mol. The molecule has 26 heavy (non-hydrogen) atoms. The smallest absolute Gasteiger partial charge is 0.290 e. The predicted octanol–water partition coefficient (Wildman–Crippen LogP) is 2.36. The number of methoxy groups -OCH3 is 1. The number of rotatable bonds is 7. The number of aromatic amines is 1. The normalized spacial score (nSPS) is 18.5. The van der Waals surface area contributed by atoms with Crippen molar-refractivity contribution in [1.29, 1.82) is 0 Å². The molecule has 2 aromatic rings. The van der Waals surface area contributed by atoms with Crippen molar-refractivity contribution in [2.24, 2.45) is 0 Å². The second-order valence-electron chi connectivity index (χ2n) is 6.98. The van der Waals surface area contributed by atoms with Gasteiger partial charge < -0.3 is 19.9 Å². The van der Waals surface area contributed by atoms with Gasteiger partial charge in [-0.1, -0.05) is 12.1 Å². The average Bonchev–Trinajstić information content (AvgIpc) is 2.67. The Morgan fingerprint density at radius 3 is 2.92 bits per heavy atom. The maximum absolute atomic E-state index is 12.0. The quantitative estimate of drug-likeness (QED) is 0.797. The lowest BCUT2D eigenvalue weighted by Gasteiger charge is -2.35. The van der Waals surface area contributed by atoms with Gasteiger partial charge in [-0.3, -0.25) is 4.79 Å². The molecule has 0 radical (unpaired) electrons. The molecule has 0 amide bonds. The van der Waals surface area contributed by atoms with Crippen molar-refractivity contribution < 1.29 is 4.74 Å². The fraction of sp³-hybridized carbons (Fsp3) is 0.500. The molecule has 1 aliphatic rings. The first-order chi connectivity index (χ1) is 12.7. The summed E-state index contributed by atoms with van der Waals surface area (Å²) in [5.74, 6) is 1.43. The molecular weight excluding hydrogens is 328 g/mol. The van der Waals surface area contributed by atoms with Crippen molar-refractivity contribution in [3.63, 3.8) is 0 Å². The van der Waals surface area contributed by atoms with Gasteiger partial charge in [0.25, 0.3) is 5.56 Å². The van der Waals surface area contributed by atoms with Gasteiger partial charge in [0.1, 0.15) is 5.75 Å². The van der Waals surface area contributed by atoms with Crippen LogP contribution < -0.4 is 20.5 Å². The minimum atomic E-state index is -0.110. The summed E-state index contributed by atoms with van der Waals surface area (Å²) >= 11 is 0. The Balaban J connectivity index is 1.49. The van der Waals surface area contributed by atoms with Crippen molar-refractivity contribution >= 4 is 5.82 Å². The molecule has 3 rings (SSSR count). The van der Waals surface area contributed by atoms with Gasteiger partial charge in [-0.15, -0.1) is 0 Å². The van der Waals surface area contributed by atoms with E-state index in [0.717, 1.165) is 44.5 Å². The molecular formula is C20H28N4O2. The molecule has 140 valence electrons. The second kappa shape index (κ2) is 8.85. The minimum Gasteiger partial charge on any atom is -0.497 e. The minimum absolute atomic E-state index is 0.110. The molecule has 1 saturated heterocycles. The first-order valence-corrected chi connectivity index (χ1v) is 9.33. The zero-order chi connectivity index (χ0) is 18.4. The Labute approximate surface area is 154 Å². The number of anilines is 1. The topological polar surface area (TPSA) is 70.2 Å². The van der Waals surface area contributed by atoms with Crippen LogP contribution in [0.3, 0.4) is 0 Å². The lowest BCUT2D eigenvalue weighted by Crippen LogP contribution is -2.50. The summed E-state index contributed by atoms with van der Waals surface area (Å²) in [4.78, 5) is 21.0. The third kappa shape index (κ3) is 4.85. The standard InChI is InChI=1S/C20H28N4O2/c1-15(5-6-16-7-9-18(26-2)10-8-16)23-17-4-3-13-24(14-17)19-20(25)22-12-11-21-19/h7-12,15,17,23H,3-6,13-14H2,1-2H3,(H,22,25)/t15-,17+/m0/s1. The molecule has 0 saturated carbocycles. The number of hydrogen-bond acceptors (Lipinski definition) is 5. The van der Waals surface area contributed by atoms with Crippen molar-refractivity contribution in [3.8, 4) is 5.75 Å². The van der Waals surface area contributed by atoms with Crippen molar-refractivity contribution in [2.75, 3.05) is 25.1 Å². The van der Waals surface area contributed by atoms with Crippen LogP contribution in [0.4, 0.5) is 5.82 Å². The van der Waals surface area contributed by atoms with Gasteiger partial charge in [0.05, 0.1) is 7.11 Å². The number of nitrogens with zero attached hydrogens (tertiary/aromatic N) is 2. The molecule has 0 bridgehead atoms. The fourth-order valence-corrected chi connectivity index (χ4v) is 3.54. The van der Waals surface area contributed by atoms with Gasteiger partial charge >= 0.3 is 0 Å². The molecule has 1 aliphatic heterocycles. The molecule has 1 aromatic heterocycles. The number of H-pyrrole nitrogens is 1. The van der Waals surface area contributed by atoms with E-state index < -0.39 is 0 Å². The Hall–Kier alpha value is -2.34. The summed E-state index contributed by atoms with van der Waals surface area (Å²) in [6, 6.07) is 9.08. The van der Waals surface area contributed by atoms with E-state index in [1.165, 1.54) is 5.56 Å². The molecule has 6 heteroatoms. The zero-order valence-electron chi connectivity index (χ0n) is 15.6. The number of benzene rings is 1. The van der Waals surface area contributed by atoms with Crippen LogP contribution in [0.2, 0.25) is 0 Å². The molecule has 2 atom stereocenters. The van der Waals surface area contributed by atoms with E-state index in [4.69, 9.17) is 4.74 Å². The Bertz CT molecular complexity index is 744. The van der Waals surface area contributed by atoms with Crippen LogP contribution >= 0.6 is 0 Å². The fourth-order valence-electron chi connectivity index (χ4n) is 3.54. The molecule has 6 nitrogen and oxygen atoms in total. The van der Waals surface area contributed by atoms with Crippen molar-refractivity contribution in [1.82, 2.24) is 15.3 Å². The van der Waals surface area contributed by atoms with Crippen LogP contribution in [0.15, 0.2) is 41.5 Å². The van der Waals surface area contributed by atoms with E-state index in [1.54, 1.807) is 19.5 Å². The number of aryl methyl sites for hydroxylation is 1. The summed E-state index contributed by atoms with van der Waals surface area (Å²) in [6.07, 6.45) is 7.53. The van der Waals surface area contributed by atoms with Gasteiger partial charge in [0.15, 0.2) is 5.82 Å².